The molecule has 22 heavy (non-hydrogen) atoms. The summed E-state index contributed by atoms with van der Waals surface area (Å²) in [5.41, 5.74) is 0.906. The van der Waals surface area contributed by atoms with Gasteiger partial charge in [-0.15, -0.1) is 0 Å². The van der Waals surface area contributed by atoms with Crippen LogP contribution >= 0.6 is 15.9 Å². The number of rotatable bonds is 1. The van der Waals surface area contributed by atoms with Gasteiger partial charge in [0.2, 0.25) is 0 Å². The summed E-state index contributed by atoms with van der Waals surface area (Å²) in [7, 11) is 1.38. The van der Waals surface area contributed by atoms with Crippen LogP contribution in [-0.2, 0) is 14.3 Å². The number of nitrogens with zero attached hydrogens (tertiary/aromatic N) is 1. The van der Waals surface area contributed by atoms with Gasteiger partial charge in [0.1, 0.15) is 5.60 Å². The molecule has 1 unspecified atom stereocenters. The molecule has 0 spiro atoms. The number of hydrogen-bond donors (Lipinski definition) is 0. The summed E-state index contributed by atoms with van der Waals surface area (Å²) in [5, 5.41) is 0. The van der Waals surface area contributed by atoms with Crippen LogP contribution in [0.3, 0.4) is 0 Å². The number of ether oxygens (including phenoxy) is 2. The predicted molar refractivity (Wildman–Crippen MR) is 87.1 cm³/mol. The molecule has 0 saturated heterocycles. The highest BCUT2D eigenvalue weighted by Gasteiger charge is 2.35. The van der Waals surface area contributed by atoms with E-state index in [0.29, 0.717) is 18.7 Å². The van der Waals surface area contributed by atoms with Crippen LogP contribution < -0.4 is 4.90 Å². The summed E-state index contributed by atoms with van der Waals surface area (Å²) in [5.74, 6) is -0.653. The topological polar surface area (TPSA) is 55.8 Å². The molecule has 1 aromatic carbocycles. The van der Waals surface area contributed by atoms with Gasteiger partial charge in [-0.2, -0.15) is 0 Å². The monoisotopic (exact) mass is 369 g/mol. The minimum Gasteiger partial charge on any atom is -0.469 e. The molecule has 5 nitrogen and oxygen atoms in total. The number of methoxy groups -OCH3 is 1. The fraction of sp³-hybridized carbons (Fsp3) is 0.500. The molecule has 120 valence electrons. The molecular formula is C16H20BrNO4. The Morgan fingerprint density at radius 2 is 2.00 bits per heavy atom. The second-order valence-corrected chi connectivity index (χ2v) is 7.12. The van der Waals surface area contributed by atoms with Crippen molar-refractivity contribution in [2.45, 2.75) is 38.7 Å². The highest BCUT2D eigenvalue weighted by molar-refractivity contribution is 9.10. The second kappa shape index (κ2) is 6.28. The summed E-state index contributed by atoms with van der Waals surface area (Å²) in [6, 6.07) is 5.52. The minimum absolute atomic E-state index is 0.289. The second-order valence-electron chi connectivity index (χ2n) is 6.20. The number of fused-ring (bicyclic) bond motifs is 1. The third-order valence-electron chi connectivity index (χ3n) is 3.40. The van der Waals surface area contributed by atoms with Crippen LogP contribution in [0.25, 0.3) is 0 Å². The Balaban J connectivity index is 2.37. The van der Waals surface area contributed by atoms with E-state index in [0.717, 1.165) is 10.0 Å². The first-order chi connectivity index (χ1) is 10.2. The molecule has 2 rings (SSSR count). The Labute approximate surface area is 138 Å². The lowest BCUT2D eigenvalue weighted by Gasteiger charge is -2.34. The Bertz CT molecular complexity index is 594. The predicted octanol–water partition coefficient (Wildman–Crippen LogP) is 3.85. The van der Waals surface area contributed by atoms with Crippen molar-refractivity contribution < 1.29 is 19.1 Å². The maximum atomic E-state index is 12.4. The van der Waals surface area contributed by atoms with Gasteiger partial charge < -0.3 is 9.47 Å². The van der Waals surface area contributed by atoms with Crippen molar-refractivity contribution in [3.05, 3.63) is 28.2 Å². The van der Waals surface area contributed by atoms with Crippen molar-refractivity contribution in [3.63, 3.8) is 0 Å². The first-order valence-corrected chi connectivity index (χ1v) is 7.90. The number of anilines is 1. The van der Waals surface area contributed by atoms with Crippen LogP contribution in [0.1, 0.15) is 38.7 Å². The van der Waals surface area contributed by atoms with Gasteiger partial charge in [-0.25, -0.2) is 4.79 Å². The van der Waals surface area contributed by atoms with E-state index in [1.54, 1.807) is 4.90 Å². The lowest BCUT2D eigenvalue weighted by Crippen LogP contribution is -2.41. The van der Waals surface area contributed by atoms with Gasteiger partial charge in [-0.05, 0) is 51.0 Å². The molecule has 1 aliphatic heterocycles. The number of amides is 1. The molecule has 0 bridgehead atoms. The molecule has 6 heteroatoms. The van der Waals surface area contributed by atoms with E-state index in [1.165, 1.54) is 7.11 Å². The number of halogens is 1. The molecule has 0 aromatic heterocycles. The van der Waals surface area contributed by atoms with Gasteiger partial charge in [0.15, 0.2) is 0 Å². The quantitative estimate of drug-likeness (QED) is 0.705. The number of carbonyl (C=O) groups is 2. The largest absolute Gasteiger partial charge is 0.469 e. The number of benzene rings is 1. The molecule has 0 N–H and O–H groups in total. The molecule has 1 aliphatic rings. The van der Waals surface area contributed by atoms with Gasteiger partial charge >= 0.3 is 12.1 Å². The van der Waals surface area contributed by atoms with Crippen LogP contribution in [0.15, 0.2) is 22.7 Å². The third-order valence-corrected chi connectivity index (χ3v) is 3.89. The van der Waals surface area contributed by atoms with Crippen LogP contribution in [0.5, 0.6) is 0 Å². The zero-order valence-corrected chi connectivity index (χ0v) is 14.8. The van der Waals surface area contributed by atoms with Gasteiger partial charge in [-0.1, -0.05) is 15.9 Å². The molecular weight excluding hydrogens is 350 g/mol. The first-order valence-electron chi connectivity index (χ1n) is 7.10. The van der Waals surface area contributed by atoms with Crippen LogP contribution in [0.2, 0.25) is 0 Å². The fourth-order valence-electron chi connectivity index (χ4n) is 2.48. The summed E-state index contributed by atoms with van der Waals surface area (Å²) in [6.07, 6.45) is 0.106. The van der Waals surface area contributed by atoms with E-state index in [-0.39, 0.29) is 11.9 Å². The van der Waals surface area contributed by atoms with Crippen molar-refractivity contribution in [1.82, 2.24) is 0 Å². The third kappa shape index (κ3) is 3.61. The van der Waals surface area contributed by atoms with Crippen molar-refractivity contribution in [3.8, 4) is 0 Å². The number of esters is 1. The van der Waals surface area contributed by atoms with E-state index in [9.17, 15) is 9.59 Å². The Morgan fingerprint density at radius 3 is 2.59 bits per heavy atom. The van der Waals surface area contributed by atoms with Crippen LogP contribution in [-0.4, -0.2) is 31.3 Å². The SMILES string of the molecule is COC(=O)C1CCN(C(=O)OC(C)(C)C)c2ccc(Br)cc21. The highest BCUT2D eigenvalue weighted by atomic mass is 79.9. The average molecular weight is 370 g/mol. The van der Waals surface area contributed by atoms with Gasteiger partial charge in [0.05, 0.1) is 18.7 Å². The standard InChI is InChI=1S/C16H20BrNO4/c1-16(2,3)22-15(20)18-8-7-11(14(19)21-4)12-9-10(17)5-6-13(12)18/h5-6,9,11H,7-8H2,1-4H3. The average Bonchev–Trinajstić information content (AvgIpc) is 2.43. The number of hydrogen-bond acceptors (Lipinski definition) is 4. The normalized spacial score (nSPS) is 17.7. The maximum Gasteiger partial charge on any atom is 0.414 e. The smallest absolute Gasteiger partial charge is 0.414 e. The van der Waals surface area contributed by atoms with E-state index >= 15 is 0 Å². The molecule has 1 aromatic rings. The summed E-state index contributed by atoms with van der Waals surface area (Å²) in [4.78, 5) is 25.9. The first kappa shape index (κ1) is 16.8. The molecule has 1 amide bonds. The van der Waals surface area contributed by atoms with Gasteiger partial charge in [0.25, 0.3) is 0 Å². The van der Waals surface area contributed by atoms with E-state index in [1.807, 2.05) is 39.0 Å². The Kier molecular flexibility index (Phi) is 4.80. The summed E-state index contributed by atoms with van der Waals surface area (Å²) < 4.78 is 11.2. The number of carbonyl (C=O) groups excluding carboxylic acids is 2. The lowest BCUT2D eigenvalue weighted by atomic mass is 9.90. The summed E-state index contributed by atoms with van der Waals surface area (Å²) in [6.45, 7) is 5.90. The van der Waals surface area contributed by atoms with Crippen molar-refractivity contribution >= 4 is 33.7 Å². The summed E-state index contributed by atoms with van der Waals surface area (Å²) >= 11 is 3.41. The molecule has 0 aliphatic carbocycles. The van der Waals surface area contributed by atoms with E-state index < -0.39 is 11.7 Å². The molecule has 0 fully saturated rings. The molecule has 0 radical (unpaired) electrons. The molecule has 1 heterocycles. The van der Waals surface area contributed by atoms with E-state index in [4.69, 9.17) is 9.47 Å². The van der Waals surface area contributed by atoms with Gasteiger partial charge in [0, 0.05) is 11.0 Å². The van der Waals surface area contributed by atoms with Gasteiger partial charge in [-0.3, -0.25) is 9.69 Å². The Hall–Kier alpha value is -1.56. The molecule has 0 saturated carbocycles. The zero-order chi connectivity index (χ0) is 16.5. The lowest BCUT2D eigenvalue weighted by molar-refractivity contribution is -0.142. The highest BCUT2D eigenvalue weighted by Crippen LogP contribution is 2.38. The van der Waals surface area contributed by atoms with Crippen molar-refractivity contribution in [1.29, 1.82) is 0 Å². The maximum absolute atomic E-state index is 12.4. The van der Waals surface area contributed by atoms with Crippen LogP contribution in [0, 0.1) is 0 Å². The Morgan fingerprint density at radius 1 is 1.32 bits per heavy atom. The van der Waals surface area contributed by atoms with Crippen molar-refractivity contribution in [2.24, 2.45) is 0 Å². The van der Waals surface area contributed by atoms with E-state index in [2.05, 4.69) is 15.9 Å². The zero-order valence-electron chi connectivity index (χ0n) is 13.2. The molecule has 1 atom stereocenters. The van der Waals surface area contributed by atoms with Crippen molar-refractivity contribution in [2.75, 3.05) is 18.6 Å². The minimum atomic E-state index is -0.564. The fourth-order valence-corrected chi connectivity index (χ4v) is 2.86. The van der Waals surface area contributed by atoms with Crippen LogP contribution in [0.4, 0.5) is 10.5 Å².